The number of aromatic nitrogens is 2. The van der Waals surface area contributed by atoms with Gasteiger partial charge in [0.25, 0.3) is 5.56 Å². The summed E-state index contributed by atoms with van der Waals surface area (Å²) in [6, 6.07) is 11.3. The van der Waals surface area contributed by atoms with Gasteiger partial charge in [-0.15, -0.1) is 0 Å². The minimum atomic E-state index is -3.83. The number of carbonyl (C=O) groups is 1. The third-order valence-corrected chi connectivity index (χ3v) is 8.61. The Morgan fingerprint density at radius 2 is 1.69 bits per heavy atom. The zero-order valence-electron chi connectivity index (χ0n) is 19.8. The summed E-state index contributed by atoms with van der Waals surface area (Å²) in [7, 11) is -2.34. The molecule has 10 heteroatoms. The normalized spacial score (nSPS) is 17.1. The fourth-order valence-electron chi connectivity index (χ4n) is 4.54. The second kappa shape index (κ2) is 8.46. The predicted molar refractivity (Wildman–Crippen MR) is 134 cm³/mol. The van der Waals surface area contributed by atoms with Gasteiger partial charge in [-0.2, -0.15) is 0 Å². The molecule has 1 N–H and O–H groups in total. The number of anilines is 1. The Morgan fingerprint density at radius 1 is 1.03 bits per heavy atom. The smallest absolute Gasteiger partial charge is 0.331 e. The number of Topliss-reactive ketones (excluding diaryl/α,β-unsaturated/α-hetero) is 1. The van der Waals surface area contributed by atoms with Crippen molar-refractivity contribution >= 4 is 32.4 Å². The van der Waals surface area contributed by atoms with E-state index in [4.69, 9.17) is 0 Å². The number of hydrogen-bond acceptors (Lipinski definition) is 6. The van der Waals surface area contributed by atoms with Gasteiger partial charge in [-0.25, -0.2) is 17.9 Å². The van der Waals surface area contributed by atoms with Crippen molar-refractivity contribution in [3.05, 3.63) is 68.9 Å². The van der Waals surface area contributed by atoms with Crippen LogP contribution in [0.15, 0.2) is 56.9 Å². The average Bonchev–Trinajstić information content (AvgIpc) is 3.31. The van der Waals surface area contributed by atoms with E-state index in [1.54, 1.807) is 12.1 Å². The van der Waals surface area contributed by atoms with Crippen LogP contribution in [0.25, 0.3) is 10.9 Å². The van der Waals surface area contributed by atoms with Gasteiger partial charge >= 0.3 is 5.69 Å². The Bertz CT molecular complexity index is 1540. The number of ketones is 1. The molecule has 2 heterocycles. The number of carbonyl (C=O) groups excluding carboxylic acids is 1. The molecule has 0 atom stereocenters. The van der Waals surface area contributed by atoms with Crippen molar-refractivity contribution < 1.29 is 13.2 Å². The second-order valence-electron chi connectivity index (χ2n) is 9.74. The molecule has 0 amide bonds. The van der Waals surface area contributed by atoms with Crippen molar-refractivity contribution in [2.75, 3.05) is 18.0 Å². The van der Waals surface area contributed by atoms with Gasteiger partial charge in [0.15, 0.2) is 5.78 Å². The molecule has 0 radical (unpaired) electrons. The number of nitrogens with zero attached hydrogens (tertiary/aromatic N) is 3. The van der Waals surface area contributed by atoms with E-state index in [9.17, 15) is 22.8 Å². The van der Waals surface area contributed by atoms with Gasteiger partial charge in [-0.3, -0.25) is 18.7 Å². The lowest BCUT2D eigenvalue weighted by Gasteiger charge is -2.17. The Labute approximate surface area is 203 Å². The van der Waals surface area contributed by atoms with Crippen LogP contribution in [0.3, 0.4) is 0 Å². The number of fused-ring (bicyclic) bond motifs is 1. The molecule has 1 aromatic heterocycles. The van der Waals surface area contributed by atoms with Crippen molar-refractivity contribution in [2.45, 2.75) is 49.6 Å². The Balaban J connectivity index is 1.48. The van der Waals surface area contributed by atoms with Crippen LogP contribution in [0.5, 0.6) is 0 Å². The van der Waals surface area contributed by atoms with E-state index in [2.05, 4.69) is 9.62 Å². The first kappa shape index (κ1) is 23.5. The fourth-order valence-corrected chi connectivity index (χ4v) is 6.03. The summed E-state index contributed by atoms with van der Waals surface area (Å²) in [6.45, 7) is 3.37. The van der Waals surface area contributed by atoms with Crippen LogP contribution in [0, 0.1) is 0 Å². The van der Waals surface area contributed by atoms with Crippen LogP contribution >= 0.6 is 0 Å². The molecule has 2 aromatic carbocycles. The molecule has 2 fully saturated rings. The second-order valence-corrected chi connectivity index (χ2v) is 11.4. The molecule has 3 aromatic rings. The van der Waals surface area contributed by atoms with Crippen molar-refractivity contribution in [3.63, 3.8) is 0 Å². The first-order chi connectivity index (χ1) is 16.6. The third-order valence-electron chi connectivity index (χ3n) is 6.98. The molecule has 9 nitrogen and oxygen atoms in total. The summed E-state index contributed by atoms with van der Waals surface area (Å²) in [6.07, 6.45) is 3.80. The number of nitrogens with one attached hydrogen (secondary N) is 1. The van der Waals surface area contributed by atoms with Crippen molar-refractivity contribution in [2.24, 2.45) is 7.05 Å². The molecule has 1 saturated heterocycles. The zero-order chi connectivity index (χ0) is 25.0. The number of rotatable bonds is 7. The van der Waals surface area contributed by atoms with Crippen LogP contribution in [-0.2, 0) is 23.6 Å². The van der Waals surface area contributed by atoms with Crippen LogP contribution in [0.1, 0.15) is 43.0 Å². The van der Waals surface area contributed by atoms with Gasteiger partial charge in [0.1, 0.15) is 0 Å². The zero-order valence-corrected chi connectivity index (χ0v) is 20.6. The van der Waals surface area contributed by atoms with Crippen molar-refractivity contribution in [3.8, 4) is 0 Å². The number of benzene rings is 2. The standard InChI is InChI=1S/C25H28N4O5S/c1-25(11-12-25)26-35(33,34)19-9-10-21-20(15-19)23(31)29(24(32)27(21)2)16-22(30)17-5-7-18(8-6-17)28-13-3-4-14-28/h5-10,15,26H,3-4,11-14,16H2,1-2H3. The van der Waals surface area contributed by atoms with E-state index in [1.807, 2.05) is 19.1 Å². The summed E-state index contributed by atoms with van der Waals surface area (Å²) in [4.78, 5) is 41.3. The maximum Gasteiger partial charge on any atom is 0.331 e. The minimum absolute atomic E-state index is 0.0516. The van der Waals surface area contributed by atoms with Crippen LogP contribution in [-0.4, -0.2) is 42.0 Å². The summed E-state index contributed by atoms with van der Waals surface area (Å²) in [5.41, 5.74) is -0.0480. The highest BCUT2D eigenvalue weighted by Crippen LogP contribution is 2.36. The average molecular weight is 497 g/mol. The first-order valence-electron chi connectivity index (χ1n) is 11.7. The molecule has 0 spiro atoms. The quantitative estimate of drug-likeness (QED) is 0.501. The lowest BCUT2D eigenvalue weighted by molar-refractivity contribution is 0.0969. The molecule has 1 aliphatic carbocycles. The Kier molecular flexibility index (Phi) is 5.68. The molecule has 184 valence electrons. The van der Waals surface area contributed by atoms with E-state index in [0.29, 0.717) is 11.1 Å². The van der Waals surface area contributed by atoms with Gasteiger partial charge in [0.2, 0.25) is 10.0 Å². The first-order valence-corrected chi connectivity index (χ1v) is 13.2. The highest BCUT2D eigenvalue weighted by atomic mass is 32.2. The molecule has 0 bridgehead atoms. The lowest BCUT2D eigenvalue weighted by Crippen LogP contribution is -2.41. The van der Waals surface area contributed by atoms with Crippen LogP contribution < -0.4 is 20.9 Å². The minimum Gasteiger partial charge on any atom is -0.372 e. The van der Waals surface area contributed by atoms with Crippen LogP contribution in [0.4, 0.5) is 5.69 Å². The molecular weight excluding hydrogens is 468 g/mol. The van der Waals surface area contributed by atoms with E-state index >= 15 is 0 Å². The predicted octanol–water partition coefficient (Wildman–Crippen LogP) is 2.01. The van der Waals surface area contributed by atoms with Crippen LogP contribution in [0.2, 0.25) is 0 Å². The summed E-state index contributed by atoms with van der Waals surface area (Å²) in [5.74, 6) is -0.372. The van der Waals surface area contributed by atoms with Gasteiger partial charge in [0, 0.05) is 36.9 Å². The molecule has 2 aliphatic rings. The molecule has 1 aliphatic heterocycles. The summed E-state index contributed by atoms with van der Waals surface area (Å²) in [5, 5.41) is 0.0631. The summed E-state index contributed by atoms with van der Waals surface area (Å²) < 4.78 is 30.4. The highest BCUT2D eigenvalue weighted by molar-refractivity contribution is 7.89. The van der Waals surface area contributed by atoms with Gasteiger partial charge < -0.3 is 4.90 Å². The maximum absolute atomic E-state index is 13.2. The largest absolute Gasteiger partial charge is 0.372 e. The van der Waals surface area contributed by atoms with E-state index in [0.717, 1.165) is 49.0 Å². The number of sulfonamides is 1. The third kappa shape index (κ3) is 4.43. The van der Waals surface area contributed by atoms with Crippen molar-refractivity contribution in [1.82, 2.24) is 13.9 Å². The molecule has 1 saturated carbocycles. The summed E-state index contributed by atoms with van der Waals surface area (Å²) >= 11 is 0. The molecular formula is C25H28N4O5S. The molecule has 35 heavy (non-hydrogen) atoms. The highest BCUT2D eigenvalue weighted by Gasteiger charge is 2.41. The molecule has 5 rings (SSSR count). The Morgan fingerprint density at radius 3 is 2.31 bits per heavy atom. The fraction of sp³-hybridized carbons (Fsp3) is 0.400. The van der Waals surface area contributed by atoms with E-state index in [1.165, 1.54) is 29.8 Å². The van der Waals surface area contributed by atoms with Crippen molar-refractivity contribution in [1.29, 1.82) is 0 Å². The van der Waals surface area contributed by atoms with E-state index in [-0.39, 0.29) is 16.1 Å². The maximum atomic E-state index is 13.2. The lowest BCUT2D eigenvalue weighted by atomic mass is 10.1. The number of aryl methyl sites for hydroxylation is 1. The molecule has 0 unspecified atom stereocenters. The van der Waals surface area contributed by atoms with Gasteiger partial charge in [-0.1, -0.05) is 0 Å². The Hall–Kier alpha value is -3.24. The van der Waals surface area contributed by atoms with Gasteiger partial charge in [0.05, 0.1) is 22.3 Å². The van der Waals surface area contributed by atoms with E-state index < -0.39 is 33.4 Å². The van der Waals surface area contributed by atoms with Gasteiger partial charge in [-0.05, 0) is 75.1 Å². The number of hydrogen-bond donors (Lipinski definition) is 1. The SMILES string of the molecule is Cn1c(=O)n(CC(=O)c2ccc(N3CCCC3)cc2)c(=O)c2cc(S(=O)(=O)NC3(C)CC3)ccc21. The topological polar surface area (TPSA) is 110 Å². The monoisotopic (exact) mass is 496 g/mol.